The molecule has 172 valence electrons. The van der Waals surface area contributed by atoms with Gasteiger partial charge in [0.15, 0.2) is 0 Å². The molecule has 0 aliphatic carbocycles. The van der Waals surface area contributed by atoms with Crippen LogP contribution < -0.4 is 4.74 Å². The number of ether oxygens (including phenoxy) is 2. The zero-order valence-corrected chi connectivity index (χ0v) is 21.4. The van der Waals surface area contributed by atoms with E-state index < -0.39 is 15.7 Å². The molecule has 0 amide bonds. The SMILES string of the molecule is C=Cc1c(C)c2c(c(OCC[Si](C)(C)C)c1CC=C(C)CP(=O)(O)OCC)C(=O)OC2. The van der Waals surface area contributed by atoms with Crippen molar-refractivity contribution < 1.29 is 28.3 Å². The van der Waals surface area contributed by atoms with Crippen molar-refractivity contribution in [3.05, 3.63) is 46.0 Å². The first kappa shape index (κ1) is 25.6. The highest BCUT2D eigenvalue weighted by Gasteiger charge is 2.32. The monoisotopic (exact) mass is 466 g/mol. The van der Waals surface area contributed by atoms with Gasteiger partial charge in [0.2, 0.25) is 0 Å². The molecule has 31 heavy (non-hydrogen) atoms. The van der Waals surface area contributed by atoms with Gasteiger partial charge in [0.1, 0.15) is 17.9 Å². The van der Waals surface area contributed by atoms with Crippen LogP contribution in [-0.4, -0.2) is 38.3 Å². The van der Waals surface area contributed by atoms with Crippen LogP contribution in [0.1, 0.15) is 46.5 Å². The molecule has 1 aromatic carbocycles. The van der Waals surface area contributed by atoms with Gasteiger partial charge < -0.3 is 18.9 Å². The van der Waals surface area contributed by atoms with Crippen molar-refractivity contribution >= 4 is 27.7 Å². The van der Waals surface area contributed by atoms with Gasteiger partial charge in [-0.1, -0.05) is 43.9 Å². The first-order chi connectivity index (χ1) is 14.4. The third-order valence-electron chi connectivity index (χ3n) is 5.27. The van der Waals surface area contributed by atoms with E-state index in [2.05, 4.69) is 26.2 Å². The second-order valence-corrected chi connectivity index (χ2v) is 16.6. The molecule has 0 spiro atoms. The molecular formula is C23H35O6PSi. The van der Waals surface area contributed by atoms with E-state index in [1.165, 1.54) is 0 Å². The largest absolute Gasteiger partial charge is 0.493 e. The number of fused-ring (bicyclic) bond motifs is 1. The van der Waals surface area contributed by atoms with E-state index in [1.54, 1.807) is 19.9 Å². The molecule has 1 heterocycles. The fourth-order valence-electron chi connectivity index (χ4n) is 3.59. The van der Waals surface area contributed by atoms with Crippen LogP contribution in [0.2, 0.25) is 25.7 Å². The number of rotatable bonds is 11. The molecule has 1 aliphatic rings. The summed E-state index contributed by atoms with van der Waals surface area (Å²) < 4.78 is 28.6. The minimum absolute atomic E-state index is 0.0396. The van der Waals surface area contributed by atoms with E-state index >= 15 is 0 Å². The molecule has 8 heteroatoms. The predicted molar refractivity (Wildman–Crippen MR) is 128 cm³/mol. The van der Waals surface area contributed by atoms with Crippen molar-refractivity contribution in [3.8, 4) is 5.75 Å². The van der Waals surface area contributed by atoms with E-state index in [1.807, 2.05) is 13.0 Å². The van der Waals surface area contributed by atoms with Crippen LogP contribution in [0.25, 0.3) is 6.08 Å². The molecule has 1 aromatic rings. The molecule has 1 unspecified atom stereocenters. The van der Waals surface area contributed by atoms with Crippen molar-refractivity contribution in [2.24, 2.45) is 0 Å². The number of esters is 1. The van der Waals surface area contributed by atoms with Gasteiger partial charge in [-0.15, -0.1) is 0 Å². The second-order valence-electron chi connectivity index (χ2n) is 9.11. The van der Waals surface area contributed by atoms with Gasteiger partial charge in [-0.3, -0.25) is 4.57 Å². The van der Waals surface area contributed by atoms with Crippen molar-refractivity contribution in [1.82, 2.24) is 0 Å². The summed E-state index contributed by atoms with van der Waals surface area (Å²) in [6.07, 6.45) is 4.08. The molecule has 0 fully saturated rings. The summed E-state index contributed by atoms with van der Waals surface area (Å²) in [5.41, 5.74) is 4.82. The summed E-state index contributed by atoms with van der Waals surface area (Å²) in [6.45, 7) is 17.2. The Kier molecular flexibility index (Phi) is 8.51. The topological polar surface area (TPSA) is 82.1 Å². The molecule has 1 N–H and O–H groups in total. The first-order valence-electron chi connectivity index (χ1n) is 10.6. The minimum Gasteiger partial charge on any atom is -0.493 e. The number of hydrogen-bond acceptors (Lipinski definition) is 5. The van der Waals surface area contributed by atoms with Gasteiger partial charge in [0.05, 0.1) is 19.4 Å². The summed E-state index contributed by atoms with van der Waals surface area (Å²) >= 11 is 0. The predicted octanol–water partition coefficient (Wildman–Crippen LogP) is 5.74. The molecule has 0 aromatic heterocycles. The summed E-state index contributed by atoms with van der Waals surface area (Å²) in [5, 5.41) is 0. The zero-order chi connectivity index (χ0) is 23.4. The van der Waals surface area contributed by atoms with Crippen molar-refractivity contribution in [2.45, 2.75) is 59.5 Å². The Morgan fingerprint density at radius 2 is 2.03 bits per heavy atom. The first-order valence-corrected chi connectivity index (χ1v) is 16.1. The van der Waals surface area contributed by atoms with Crippen molar-refractivity contribution in [3.63, 3.8) is 0 Å². The fraction of sp³-hybridized carbons (Fsp3) is 0.522. The van der Waals surface area contributed by atoms with Crippen molar-refractivity contribution in [1.29, 1.82) is 0 Å². The summed E-state index contributed by atoms with van der Waals surface area (Å²) in [6, 6.07) is 0.963. The normalized spacial score (nSPS) is 16.0. The van der Waals surface area contributed by atoms with Gasteiger partial charge >= 0.3 is 13.6 Å². The molecule has 1 atom stereocenters. The van der Waals surface area contributed by atoms with Crippen LogP contribution in [0.15, 0.2) is 18.2 Å². The number of benzene rings is 1. The minimum atomic E-state index is -3.66. The zero-order valence-electron chi connectivity index (χ0n) is 19.5. The van der Waals surface area contributed by atoms with Crippen LogP contribution in [-0.2, 0) is 26.9 Å². The van der Waals surface area contributed by atoms with Gasteiger partial charge in [0.25, 0.3) is 0 Å². The van der Waals surface area contributed by atoms with Crippen LogP contribution in [0.4, 0.5) is 0 Å². The van der Waals surface area contributed by atoms with Crippen LogP contribution in [0.3, 0.4) is 0 Å². The molecule has 2 rings (SSSR count). The average Bonchev–Trinajstić information content (AvgIpc) is 3.02. The Morgan fingerprint density at radius 3 is 2.61 bits per heavy atom. The summed E-state index contributed by atoms with van der Waals surface area (Å²) in [5.74, 6) is 0.187. The third kappa shape index (κ3) is 6.66. The third-order valence-corrected chi connectivity index (χ3v) is 8.54. The molecule has 0 saturated carbocycles. The Bertz CT molecular complexity index is 929. The quantitative estimate of drug-likeness (QED) is 0.194. The van der Waals surface area contributed by atoms with E-state index in [0.717, 1.165) is 33.9 Å². The number of hydrogen-bond donors (Lipinski definition) is 1. The highest BCUT2D eigenvalue weighted by atomic mass is 31.2. The number of cyclic esters (lactones) is 1. The van der Waals surface area contributed by atoms with Crippen molar-refractivity contribution in [2.75, 3.05) is 19.4 Å². The van der Waals surface area contributed by atoms with Crippen LogP contribution in [0, 0.1) is 6.92 Å². The molecule has 0 bridgehead atoms. The second kappa shape index (κ2) is 10.3. The maximum atomic E-state index is 12.5. The molecular weight excluding hydrogens is 431 g/mol. The highest BCUT2D eigenvalue weighted by Crippen LogP contribution is 2.44. The van der Waals surface area contributed by atoms with Gasteiger partial charge in [0, 0.05) is 19.2 Å². The fourth-order valence-corrected chi connectivity index (χ4v) is 5.56. The number of carbonyl (C=O) groups is 1. The van der Waals surface area contributed by atoms with E-state index in [-0.39, 0.29) is 25.3 Å². The smallest absolute Gasteiger partial charge is 0.342 e. The maximum absolute atomic E-state index is 12.5. The molecule has 0 radical (unpaired) electrons. The Balaban J connectivity index is 2.46. The Labute approximate surface area is 186 Å². The number of carbonyl (C=O) groups excluding carboxylic acids is 1. The molecule has 1 aliphatic heterocycles. The summed E-state index contributed by atoms with van der Waals surface area (Å²) in [7, 11) is -4.98. The van der Waals surface area contributed by atoms with E-state index in [0.29, 0.717) is 24.3 Å². The van der Waals surface area contributed by atoms with Gasteiger partial charge in [-0.2, -0.15) is 0 Å². The van der Waals surface area contributed by atoms with Gasteiger partial charge in [-0.25, -0.2) is 4.79 Å². The Hall–Kier alpha value is -1.66. The standard InChI is InChI=1S/C23H35O6PSi/c1-8-18-17(4)20-14-28-23(24)21(20)22(27-12-13-31(5,6)7)19(18)11-10-16(3)15-30(25,26)29-9-2/h8,10H,1,9,11-15H2,2-7H3,(H,25,26). The highest BCUT2D eigenvalue weighted by molar-refractivity contribution is 7.53. The van der Waals surface area contributed by atoms with E-state index in [9.17, 15) is 14.3 Å². The lowest BCUT2D eigenvalue weighted by molar-refractivity contribution is 0.0532. The maximum Gasteiger partial charge on any atom is 0.342 e. The lowest BCUT2D eigenvalue weighted by Crippen LogP contribution is -2.23. The lowest BCUT2D eigenvalue weighted by Gasteiger charge is -2.21. The molecule has 0 saturated heterocycles. The van der Waals surface area contributed by atoms with E-state index in [4.69, 9.17) is 14.0 Å². The van der Waals surface area contributed by atoms with Gasteiger partial charge in [-0.05, 0) is 44.4 Å². The number of allylic oxidation sites excluding steroid dienone is 2. The van der Waals surface area contributed by atoms with Crippen LogP contribution >= 0.6 is 7.60 Å². The molecule has 6 nitrogen and oxygen atoms in total. The summed E-state index contributed by atoms with van der Waals surface area (Å²) in [4.78, 5) is 22.5. The average molecular weight is 467 g/mol. The van der Waals surface area contributed by atoms with Crippen LogP contribution in [0.5, 0.6) is 5.75 Å². The Morgan fingerprint density at radius 1 is 1.35 bits per heavy atom. The lowest BCUT2D eigenvalue weighted by atomic mass is 9.90.